The van der Waals surface area contributed by atoms with E-state index in [2.05, 4.69) is 5.32 Å². The van der Waals surface area contributed by atoms with Crippen LogP contribution in [0.15, 0.2) is 30.3 Å². The standard InChI is InChI=1S/C18H24N2O5/c21-16(20-25)13(10-12-6-2-1-3-7-12)11-19-17(22)14-8-4-5-9-15(14)18(23)24/h1-3,6-7,13-15,25H,4-5,8-11H2,(H,19,22)(H,20,21)(H,23,24). The van der Waals surface area contributed by atoms with Crippen molar-refractivity contribution in [3.63, 3.8) is 0 Å². The van der Waals surface area contributed by atoms with E-state index in [1.807, 2.05) is 30.3 Å². The Hall–Kier alpha value is -2.41. The maximum Gasteiger partial charge on any atom is 0.307 e. The van der Waals surface area contributed by atoms with Crippen molar-refractivity contribution >= 4 is 17.8 Å². The lowest BCUT2D eigenvalue weighted by atomic mass is 9.78. The third-order valence-corrected chi connectivity index (χ3v) is 4.75. The van der Waals surface area contributed by atoms with Gasteiger partial charge in [0, 0.05) is 6.54 Å². The minimum absolute atomic E-state index is 0.0446. The second-order valence-corrected chi connectivity index (χ2v) is 6.44. The molecule has 1 aromatic carbocycles. The van der Waals surface area contributed by atoms with Gasteiger partial charge in [0.25, 0.3) is 0 Å². The summed E-state index contributed by atoms with van der Waals surface area (Å²) < 4.78 is 0. The molecule has 2 amide bonds. The minimum Gasteiger partial charge on any atom is -0.481 e. The van der Waals surface area contributed by atoms with E-state index in [1.54, 1.807) is 5.48 Å². The van der Waals surface area contributed by atoms with Gasteiger partial charge in [-0.2, -0.15) is 0 Å². The molecule has 1 saturated carbocycles. The fraction of sp³-hybridized carbons (Fsp3) is 0.500. The monoisotopic (exact) mass is 348 g/mol. The van der Waals surface area contributed by atoms with E-state index in [9.17, 15) is 19.5 Å². The van der Waals surface area contributed by atoms with Crippen LogP contribution in [-0.4, -0.2) is 34.6 Å². The van der Waals surface area contributed by atoms with Gasteiger partial charge in [-0.3, -0.25) is 19.6 Å². The Bertz CT molecular complexity index is 605. The average molecular weight is 348 g/mol. The predicted molar refractivity (Wildman–Crippen MR) is 89.7 cm³/mol. The van der Waals surface area contributed by atoms with Crippen molar-refractivity contribution in [3.8, 4) is 0 Å². The molecule has 0 aliphatic heterocycles. The topological polar surface area (TPSA) is 116 Å². The van der Waals surface area contributed by atoms with Gasteiger partial charge in [0.2, 0.25) is 11.8 Å². The quantitative estimate of drug-likeness (QED) is 0.439. The zero-order valence-electron chi connectivity index (χ0n) is 14.0. The van der Waals surface area contributed by atoms with E-state index in [1.165, 1.54) is 0 Å². The molecule has 0 heterocycles. The maximum atomic E-state index is 12.4. The number of nitrogens with one attached hydrogen (secondary N) is 2. The number of rotatable bonds is 7. The van der Waals surface area contributed by atoms with E-state index in [4.69, 9.17) is 5.21 Å². The Morgan fingerprint density at radius 3 is 2.32 bits per heavy atom. The van der Waals surface area contributed by atoms with Crippen LogP contribution in [0.2, 0.25) is 0 Å². The van der Waals surface area contributed by atoms with E-state index < -0.39 is 29.6 Å². The normalized spacial score (nSPS) is 21.2. The zero-order chi connectivity index (χ0) is 18.2. The molecule has 1 fully saturated rings. The smallest absolute Gasteiger partial charge is 0.307 e. The van der Waals surface area contributed by atoms with Gasteiger partial charge in [0.1, 0.15) is 0 Å². The Balaban J connectivity index is 1.98. The summed E-state index contributed by atoms with van der Waals surface area (Å²) in [7, 11) is 0. The lowest BCUT2D eigenvalue weighted by Crippen LogP contribution is -2.44. The summed E-state index contributed by atoms with van der Waals surface area (Å²) in [4.78, 5) is 35.6. The number of benzene rings is 1. The van der Waals surface area contributed by atoms with Gasteiger partial charge in [-0.1, -0.05) is 43.2 Å². The van der Waals surface area contributed by atoms with Crippen LogP contribution in [0.25, 0.3) is 0 Å². The Morgan fingerprint density at radius 1 is 1.08 bits per heavy atom. The van der Waals surface area contributed by atoms with E-state index >= 15 is 0 Å². The highest BCUT2D eigenvalue weighted by Crippen LogP contribution is 2.30. The van der Waals surface area contributed by atoms with Crippen LogP contribution < -0.4 is 10.8 Å². The van der Waals surface area contributed by atoms with E-state index in [0.29, 0.717) is 19.3 Å². The first-order chi connectivity index (χ1) is 12.0. The van der Waals surface area contributed by atoms with Crippen molar-refractivity contribution in [2.24, 2.45) is 17.8 Å². The average Bonchev–Trinajstić information content (AvgIpc) is 2.64. The zero-order valence-corrected chi connectivity index (χ0v) is 14.0. The van der Waals surface area contributed by atoms with Gasteiger partial charge in [0.15, 0.2) is 0 Å². The highest BCUT2D eigenvalue weighted by atomic mass is 16.5. The molecular formula is C18H24N2O5. The van der Waals surface area contributed by atoms with Crippen LogP contribution in [0.3, 0.4) is 0 Å². The molecule has 136 valence electrons. The van der Waals surface area contributed by atoms with Crippen LogP contribution in [0.4, 0.5) is 0 Å². The summed E-state index contributed by atoms with van der Waals surface area (Å²) in [6.07, 6.45) is 3.04. The van der Waals surface area contributed by atoms with Crippen molar-refractivity contribution in [1.82, 2.24) is 10.8 Å². The number of carbonyl (C=O) groups excluding carboxylic acids is 2. The molecule has 1 aliphatic carbocycles. The third kappa shape index (κ3) is 5.29. The SMILES string of the molecule is O=C(NO)C(CNC(=O)C1CCCCC1C(=O)O)Cc1ccccc1. The molecule has 2 rings (SSSR count). The summed E-state index contributed by atoms with van der Waals surface area (Å²) in [5.41, 5.74) is 2.54. The highest BCUT2D eigenvalue weighted by molar-refractivity contribution is 5.85. The van der Waals surface area contributed by atoms with Gasteiger partial charge in [0.05, 0.1) is 17.8 Å². The van der Waals surface area contributed by atoms with Crippen LogP contribution in [0.5, 0.6) is 0 Å². The van der Waals surface area contributed by atoms with Crippen molar-refractivity contribution in [3.05, 3.63) is 35.9 Å². The molecular weight excluding hydrogens is 324 g/mol. The second kappa shape index (κ2) is 9.17. The van der Waals surface area contributed by atoms with Gasteiger partial charge in [-0.25, -0.2) is 5.48 Å². The highest BCUT2D eigenvalue weighted by Gasteiger charge is 2.36. The van der Waals surface area contributed by atoms with Crippen LogP contribution >= 0.6 is 0 Å². The molecule has 0 bridgehead atoms. The molecule has 7 heteroatoms. The number of amides is 2. The number of carboxylic acid groups (broad SMARTS) is 1. The minimum atomic E-state index is -0.950. The molecule has 4 N–H and O–H groups in total. The number of hydrogen-bond donors (Lipinski definition) is 4. The van der Waals surface area contributed by atoms with Gasteiger partial charge >= 0.3 is 5.97 Å². The molecule has 25 heavy (non-hydrogen) atoms. The van der Waals surface area contributed by atoms with Gasteiger partial charge in [-0.15, -0.1) is 0 Å². The molecule has 1 aliphatic rings. The van der Waals surface area contributed by atoms with Gasteiger partial charge in [-0.05, 0) is 24.8 Å². The Kier molecular flexibility index (Phi) is 6.94. The van der Waals surface area contributed by atoms with E-state index in [0.717, 1.165) is 18.4 Å². The molecule has 1 aromatic rings. The molecule has 7 nitrogen and oxygen atoms in total. The molecule has 0 radical (unpaired) electrons. The first kappa shape index (κ1) is 18.9. The lowest BCUT2D eigenvalue weighted by molar-refractivity contribution is -0.149. The van der Waals surface area contributed by atoms with Crippen molar-refractivity contribution < 1.29 is 24.7 Å². The van der Waals surface area contributed by atoms with Crippen molar-refractivity contribution in [1.29, 1.82) is 0 Å². The number of carbonyl (C=O) groups is 3. The molecule has 3 atom stereocenters. The first-order valence-electron chi connectivity index (χ1n) is 8.51. The second-order valence-electron chi connectivity index (χ2n) is 6.44. The number of aliphatic carboxylic acids is 1. The van der Waals surface area contributed by atoms with Crippen molar-refractivity contribution in [2.45, 2.75) is 32.1 Å². The predicted octanol–water partition coefficient (Wildman–Crippen LogP) is 1.36. The van der Waals surface area contributed by atoms with Crippen molar-refractivity contribution in [2.75, 3.05) is 6.54 Å². The van der Waals surface area contributed by atoms with E-state index in [-0.39, 0.29) is 12.5 Å². The summed E-state index contributed by atoms with van der Waals surface area (Å²) in [6.45, 7) is 0.0446. The number of carboxylic acids is 1. The number of hydrogen-bond acceptors (Lipinski definition) is 4. The Labute approximate surface area is 146 Å². The fourth-order valence-corrected chi connectivity index (χ4v) is 3.34. The summed E-state index contributed by atoms with van der Waals surface area (Å²) in [5, 5.41) is 20.9. The molecule has 0 saturated heterocycles. The number of hydroxylamine groups is 1. The van der Waals surface area contributed by atoms with Crippen LogP contribution in [-0.2, 0) is 20.8 Å². The fourth-order valence-electron chi connectivity index (χ4n) is 3.34. The van der Waals surface area contributed by atoms with Crippen LogP contribution in [0.1, 0.15) is 31.2 Å². The van der Waals surface area contributed by atoms with Crippen LogP contribution in [0, 0.1) is 17.8 Å². The first-order valence-corrected chi connectivity index (χ1v) is 8.51. The summed E-state index contributed by atoms with van der Waals surface area (Å²) in [5.74, 6) is -3.75. The third-order valence-electron chi connectivity index (χ3n) is 4.75. The molecule has 0 spiro atoms. The molecule has 0 aromatic heterocycles. The maximum absolute atomic E-state index is 12.4. The summed E-state index contributed by atoms with van der Waals surface area (Å²) in [6, 6.07) is 9.28. The lowest BCUT2D eigenvalue weighted by Gasteiger charge is -2.28. The largest absolute Gasteiger partial charge is 0.481 e. The van der Waals surface area contributed by atoms with Gasteiger partial charge < -0.3 is 10.4 Å². The Morgan fingerprint density at radius 2 is 1.72 bits per heavy atom. The summed E-state index contributed by atoms with van der Waals surface area (Å²) >= 11 is 0. The molecule has 3 unspecified atom stereocenters.